The molecule has 11 aromatic rings. The molecule has 0 aliphatic heterocycles. The van der Waals surface area contributed by atoms with E-state index in [9.17, 15) is 0 Å². The molecule has 4 nitrogen and oxygen atoms in total. The van der Waals surface area contributed by atoms with Crippen LogP contribution in [0.5, 0.6) is 0 Å². The zero-order chi connectivity index (χ0) is 42.8. The molecule has 0 atom stereocenters. The summed E-state index contributed by atoms with van der Waals surface area (Å²) in [4.78, 5) is 15.4. The van der Waals surface area contributed by atoms with E-state index in [0.29, 0.717) is 17.5 Å². The van der Waals surface area contributed by atoms with Gasteiger partial charge in [-0.1, -0.05) is 178 Å². The molecule has 0 bridgehead atoms. The number of hydrogen-bond donors (Lipinski definition) is 0. The molecule has 0 fully saturated rings. The molecule has 0 spiro atoms. The zero-order valence-electron chi connectivity index (χ0n) is 35.5. The highest BCUT2D eigenvalue weighted by molar-refractivity contribution is 6.13. The molecule has 2 heterocycles. The number of aromatic nitrogens is 3. The Hall–Kier alpha value is -8.21. The van der Waals surface area contributed by atoms with E-state index in [2.05, 4.69) is 196 Å². The Kier molecular flexibility index (Phi) is 8.80. The van der Waals surface area contributed by atoms with E-state index < -0.39 is 0 Å². The summed E-state index contributed by atoms with van der Waals surface area (Å²) in [5, 5.41) is 2.11. The lowest BCUT2D eigenvalue weighted by molar-refractivity contribution is 0.660. The standard InChI is InChI=1S/C60H41N3O/c1-60(2)52-26-13-12-24-49(52)51-36-42(29-31-53(51)60)41-22-14-23-43(32-41)58-61-57(40-20-10-5-11-21-40)62-59(63-58)44-28-30-50-55(37-44)64-54-27-15-25-48(56(50)54)47-34-45(38-16-6-3-7-17-38)33-46(35-47)39-18-8-4-9-19-39/h3-37H,1-2H3. The van der Waals surface area contributed by atoms with Crippen molar-refractivity contribution in [2.75, 3.05) is 0 Å². The maximum atomic E-state index is 6.70. The Balaban J connectivity index is 0.965. The van der Waals surface area contributed by atoms with E-state index in [1.807, 2.05) is 30.3 Å². The fourth-order valence-electron chi connectivity index (χ4n) is 9.67. The lowest BCUT2D eigenvalue weighted by Gasteiger charge is -2.21. The van der Waals surface area contributed by atoms with Gasteiger partial charge in [0.2, 0.25) is 0 Å². The van der Waals surface area contributed by atoms with Crippen molar-refractivity contribution in [2.45, 2.75) is 19.3 Å². The molecule has 302 valence electrons. The molecule has 64 heavy (non-hydrogen) atoms. The first-order chi connectivity index (χ1) is 31.4. The van der Waals surface area contributed by atoms with E-state index in [0.717, 1.165) is 72.0 Å². The van der Waals surface area contributed by atoms with Gasteiger partial charge in [0.05, 0.1) is 0 Å². The molecule has 1 aliphatic carbocycles. The van der Waals surface area contributed by atoms with Gasteiger partial charge in [-0.3, -0.25) is 0 Å². The molecular weight excluding hydrogens is 779 g/mol. The maximum absolute atomic E-state index is 6.70. The highest BCUT2D eigenvalue weighted by Crippen LogP contribution is 2.49. The number of benzene rings is 9. The number of nitrogens with zero attached hydrogens (tertiary/aromatic N) is 3. The van der Waals surface area contributed by atoms with Crippen LogP contribution >= 0.6 is 0 Å². The Morgan fingerprint density at radius 2 is 0.797 bits per heavy atom. The Bertz CT molecular complexity index is 3510. The summed E-state index contributed by atoms with van der Waals surface area (Å²) in [5.41, 5.74) is 18.8. The largest absolute Gasteiger partial charge is 0.456 e. The molecule has 12 rings (SSSR count). The van der Waals surface area contributed by atoms with Gasteiger partial charge in [0, 0.05) is 32.9 Å². The first-order valence-electron chi connectivity index (χ1n) is 21.8. The lowest BCUT2D eigenvalue weighted by atomic mass is 9.82. The molecule has 0 saturated heterocycles. The average molecular weight is 820 g/mol. The summed E-state index contributed by atoms with van der Waals surface area (Å²) in [6.07, 6.45) is 0. The van der Waals surface area contributed by atoms with Crippen LogP contribution in [0.1, 0.15) is 25.0 Å². The zero-order valence-corrected chi connectivity index (χ0v) is 35.5. The van der Waals surface area contributed by atoms with Crippen molar-refractivity contribution in [1.82, 2.24) is 15.0 Å². The minimum atomic E-state index is -0.0455. The van der Waals surface area contributed by atoms with Crippen LogP contribution in [0.15, 0.2) is 217 Å². The van der Waals surface area contributed by atoms with Gasteiger partial charge in [-0.15, -0.1) is 0 Å². The van der Waals surface area contributed by atoms with Crippen LogP contribution < -0.4 is 0 Å². The van der Waals surface area contributed by atoms with Crippen LogP contribution in [0.3, 0.4) is 0 Å². The second-order valence-corrected chi connectivity index (χ2v) is 17.2. The van der Waals surface area contributed by atoms with Crippen LogP contribution in [0.2, 0.25) is 0 Å². The minimum Gasteiger partial charge on any atom is -0.456 e. The van der Waals surface area contributed by atoms with Crippen molar-refractivity contribution in [3.8, 4) is 89.8 Å². The van der Waals surface area contributed by atoms with Gasteiger partial charge in [0.1, 0.15) is 11.2 Å². The Labute approximate surface area is 372 Å². The first-order valence-corrected chi connectivity index (χ1v) is 21.8. The molecule has 0 amide bonds. The number of rotatable bonds is 7. The summed E-state index contributed by atoms with van der Waals surface area (Å²) in [7, 11) is 0. The van der Waals surface area contributed by atoms with Crippen molar-refractivity contribution < 1.29 is 4.42 Å². The molecule has 1 aliphatic rings. The number of fused-ring (bicyclic) bond motifs is 6. The minimum absolute atomic E-state index is 0.0455. The average Bonchev–Trinajstić information content (AvgIpc) is 3.85. The van der Waals surface area contributed by atoms with Crippen molar-refractivity contribution in [1.29, 1.82) is 0 Å². The molecule has 0 saturated carbocycles. The lowest BCUT2D eigenvalue weighted by Crippen LogP contribution is -2.14. The number of furan rings is 1. The van der Waals surface area contributed by atoms with Gasteiger partial charge in [0.15, 0.2) is 17.5 Å². The van der Waals surface area contributed by atoms with Gasteiger partial charge >= 0.3 is 0 Å². The van der Waals surface area contributed by atoms with E-state index in [1.165, 1.54) is 33.4 Å². The van der Waals surface area contributed by atoms with Crippen molar-refractivity contribution in [3.05, 3.63) is 223 Å². The summed E-state index contributed by atoms with van der Waals surface area (Å²) in [6.45, 7) is 4.63. The smallest absolute Gasteiger partial charge is 0.164 e. The third-order valence-corrected chi connectivity index (χ3v) is 12.9. The predicted molar refractivity (Wildman–Crippen MR) is 263 cm³/mol. The summed E-state index contributed by atoms with van der Waals surface area (Å²) >= 11 is 0. The Morgan fingerprint density at radius 3 is 1.50 bits per heavy atom. The van der Waals surface area contributed by atoms with E-state index in [-0.39, 0.29) is 5.41 Å². The second-order valence-electron chi connectivity index (χ2n) is 17.2. The highest BCUT2D eigenvalue weighted by Gasteiger charge is 2.35. The molecule has 2 aromatic heterocycles. The molecule has 0 radical (unpaired) electrons. The third-order valence-electron chi connectivity index (χ3n) is 12.9. The SMILES string of the molecule is CC1(C)c2ccccc2-c2cc(-c3cccc(-c4nc(-c5ccccc5)nc(-c5ccc6c(c5)oc5cccc(-c7cc(-c8ccccc8)cc(-c8ccccc8)c7)c56)n4)c3)ccc21. The van der Waals surface area contributed by atoms with Crippen LogP contribution in [0, 0.1) is 0 Å². The van der Waals surface area contributed by atoms with E-state index in [4.69, 9.17) is 19.4 Å². The molecule has 9 aromatic carbocycles. The first kappa shape index (κ1) is 37.5. The molecular formula is C60H41N3O. The second kappa shape index (κ2) is 15.0. The monoisotopic (exact) mass is 819 g/mol. The molecule has 0 N–H and O–H groups in total. The molecule has 0 unspecified atom stereocenters. The maximum Gasteiger partial charge on any atom is 0.164 e. The van der Waals surface area contributed by atoms with Crippen LogP contribution in [-0.2, 0) is 5.41 Å². The van der Waals surface area contributed by atoms with Crippen LogP contribution in [0.25, 0.3) is 112 Å². The highest BCUT2D eigenvalue weighted by atomic mass is 16.3. The number of hydrogen-bond acceptors (Lipinski definition) is 4. The van der Waals surface area contributed by atoms with E-state index >= 15 is 0 Å². The predicted octanol–water partition coefficient (Wildman–Crippen LogP) is 15.7. The van der Waals surface area contributed by atoms with Gasteiger partial charge in [0.25, 0.3) is 0 Å². The van der Waals surface area contributed by atoms with E-state index in [1.54, 1.807) is 0 Å². The normalized spacial score (nSPS) is 12.7. The van der Waals surface area contributed by atoms with Gasteiger partial charge in [-0.25, -0.2) is 15.0 Å². The summed E-state index contributed by atoms with van der Waals surface area (Å²) in [6, 6.07) is 75.1. The van der Waals surface area contributed by atoms with Crippen molar-refractivity contribution in [3.63, 3.8) is 0 Å². The van der Waals surface area contributed by atoms with Crippen LogP contribution in [0.4, 0.5) is 0 Å². The van der Waals surface area contributed by atoms with Crippen molar-refractivity contribution in [2.24, 2.45) is 0 Å². The molecule has 4 heteroatoms. The summed E-state index contributed by atoms with van der Waals surface area (Å²) in [5.74, 6) is 1.80. The van der Waals surface area contributed by atoms with Crippen LogP contribution in [-0.4, -0.2) is 15.0 Å². The summed E-state index contributed by atoms with van der Waals surface area (Å²) < 4.78 is 6.70. The van der Waals surface area contributed by atoms with Gasteiger partial charge in [-0.2, -0.15) is 0 Å². The van der Waals surface area contributed by atoms with Gasteiger partial charge in [-0.05, 0) is 115 Å². The Morgan fingerprint density at radius 1 is 0.312 bits per heavy atom. The fraction of sp³-hybridized carbons (Fsp3) is 0.0500. The van der Waals surface area contributed by atoms with Crippen molar-refractivity contribution >= 4 is 21.9 Å². The topological polar surface area (TPSA) is 51.8 Å². The van der Waals surface area contributed by atoms with Gasteiger partial charge < -0.3 is 4.42 Å². The quantitative estimate of drug-likeness (QED) is 0.161. The third kappa shape index (κ3) is 6.42. The fourth-order valence-corrected chi connectivity index (χ4v) is 9.67.